The van der Waals surface area contributed by atoms with Crippen LogP contribution in [0.15, 0.2) is 12.4 Å². The van der Waals surface area contributed by atoms with Crippen LogP contribution in [0.25, 0.3) is 0 Å². The molecule has 1 saturated heterocycles. The Morgan fingerprint density at radius 2 is 2.26 bits per heavy atom. The van der Waals surface area contributed by atoms with Gasteiger partial charge in [-0.3, -0.25) is 0 Å². The van der Waals surface area contributed by atoms with E-state index in [0.717, 1.165) is 0 Å². The minimum atomic E-state index is -3.19. The van der Waals surface area contributed by atoms with Crippen molar-refractivity contribution in [2.45, 2.75) is 19.4 Å². The normalized spacial score (nSPS) is 20.1. The molecular weight excluding hydrogens is 268 g/mol. The first kappa shape index (κ1) is 13.7. The Morgan fingerprint density at radius 1 is 1.53 bits per heavy atom. The molecule has 0 spiro atoms. The fourth-order valence-corrected chi connectivity index (χ4v) is 3.02. The highest BCUT2D eigenvalue weighted by atomic mass is 32.2. The highest BCUT2D eigenvalue weighted by molar-refractivity contribution is 7.89. The molecule has 1 aromatic rings. The van der Waals surface area contributed by atoms with Gasteiger partial charge in [-0.25, -0.2) is 18.4 Å². The Hall–Kier alpha value is -1.72. The standard InChI is InChI=1S/C11H14N4O3S/c1-2-19(16,17)15-6-3-9(8-15)18-11-10(7-12)13-4-5-14-11/h4-5,9H,2-3,6,8H2,1H3/t9-/m1/s1. The van der Waals surface area contributed by atoms with Gasteiger partial charge in [0, 0.05) is 18.9 Å². The first-order valence-corrected chi connectivity index (χ1v) is 7.53. The molecule has 0 radical (unpaired) electrons. The number of hydrogen-bond donors (Lipinski definition) is 0. The van der Waals surface area contributed by atoms with Crippen LogP contribution in [0.1, 0.15) is 19.0 Å². The molecule has 0 amide bonds. The van der Waals surface area contributed by atoms with Gasteiger partial charge in [-0.05, 0) is 13.3 Å². The second-order valence-electron chi connectivity index (χ2n) is 4.11. The average Bonchev–Trinajstić information content (AvgIpc) is 2.89. The number of aromatic nitrogens is 2. The van der Waals surface area contributed by atoms with E-state index in [9.17, 15) is 8.42 Å². The number of rotatable bonds is 4. The number of hydrogen-bond acceptors (Lipinski definition) is 6. The van der Waals surface area contributed by atoms with Crippen molar-refractivity contribution in [3.8, 4) is 11.9 Å². The molecule has 0 unspecified atom stereocenters. The maximum Gasteiger partial charge on any atom is 0.251 e. The topological polar surface area (TPSA) is 96.2 Å². The number of ether oxygens (including phenoxy) is 1. The highest BCUT2D eigenvalue weighted by Crippen LogP contribution is 2.20. The molecule has 0 aliphatic carbocycles. The Kier molecular flexibility index (Phi) is 3.97. The summed E-state index contributed by atoms with van der Waals surface area (Å²) in [6.07, 6.45) is 3.14. The summed E-state index contributed by atoms with van der Waals surface area (Å²) in [5.74, 6) is 0.236. The monoisotopic (exact) mass is 282 g/mol. The molecule has 1 fully saturated rings. The number of sulfonamides is 1. The molecule has 0 aromatic carbocycles. The molecule has 1 atom stereocenters. The molecular formula is C11H14N4O3S. The van der Waals surface area contributed by atoms with Crippen LogP contribution in [0.5, 0.6) is 5.88 Å². The summed E-state index contributed by atoms with van der Waals surface area (Å²) < 4.78 is 30.4. The summed E-state index contributed by atoms with van der Waals surface area (Å²) in [5, 5.41) is 8.87. The molecule has 0 bridgehead atoms. The van der Waals surface area contributed by atoms with E-state index in [0.29, 0.717) is 13.0 Å². The van der Waals surface area contributed by atoms with Gasteiger partial charge in [-0.1, -0.05) is 0 Å². The zero-order valence-electron chi connectivity index (χ0n) is 10.5. The third-order valence-corrected chi connectivity index (χ3v) is 4.76. The lowest BCUT2D eigenvalue weighted by Gasteiger charge is -2.15. The number of nitrogens with zero attached hydrogens (tertiary/aromatic N) is 4. The average molecular weight is 282 g/mol. The maximum atomic E-state index is 11.7. The second-order valence-corrected chi connectivity index (χ2v) is 6.37. The van der Waals surface area contributed by atoms with Crippen molar-refractivity contribution in [2.24, 2.45) is 0 Å². The van der Waals surface area contributed by atoms with E-state index in [1.165, 1.54) is 16.7 Å². The van der Waals surface area contributed by atoms with Crippen molar-refractivity contribution < 1.29 is 13.2 Å². The molecule has 2 rings (SSSR count). The van der Waals surface area contributed by atoms with Gasteiger partial charge in [0.1, 0.15) is 12.2 Å². The second kappa shape index (κ2) is 5.50. The lowest BCUT2D eigenvalue weighted by molar-refractivity contribution is 0.205. The molecule has 1 aliphatic rings. The van der Waals surface area contributed by atoms with Crippen molar-refractivity contribution in [2.75, 3.05) is 18.8 Å². The van der Waals surface area contributed by atoms with Crippen molar-refractivity contribution in [3.63, 3.8) is 0 Å². The summed E-state index contributed by atoms with van der Waals surface area (Å²) in [4.78, 5) is 7.79. The molecule has 0 saturated carbocycles. The van der Waals surface area contributed by atoms with Crippen LogP contribution >= 0.6 is 0 Å². The maximum absolute atomic E-state index is 11.7. The summed E-state index contributed by atoms with van der Waals surface area (Å²) in [5.41, 5.74) is 0.110. The fraction of sp³-hybridized carbons (Fsp3) is 0.545. The van der Waals surface area contributed by atoms with E-state index in [1.54, 1.807) is 6.92 Å². The van der Waals surface area contributed by atoms with Gasteiger partial charge >= 0.3 is 0 Å². The Morgan fingerprint density at radius 3 is 2.95 bits per heavy atom. The molecule has 8 heteroatoms. The van der Waals surface area contributed by atoms with Gasteiger partial charge in [-0.2, -0.15) is 9.57 Å². The fourth-order valence-electron chi connectivity index (χ4n) is 1.88. The first-order valence-electron chi connectivity index (χ1n) is 5.92. The van der Waals surface area contributed by atoms with Crippen molar-refractivity contribution >= 4 is 10.0 Å². The van der Waals surface area contributed by atoms with Gasteiger partial charge < -0.3 is 4.74 Å². The predicted molar refractivity (Wildman–Crippen MR) is 66.8 cm³/mol. The van der Waals surface area contributed by atoms with Crippen LogP contribution in [0.3, 0.4) is 0 Å². The van der Waals surface area contributed by atoms with Crippen molar-refractivity contribution in [1.82, 2.24) is 14.3 Å². The zero-order valence-corrected chi connectivity index (χ0v) is 11.3. The van der Waals surface area contributed by atoms with E-state index < -0.39 is 10.0 Å². The van der Waals surface area contributed by atoms with Crippen LogP contribution < -0.4 is 4.74 Å². The van der Waals surface area contributed by atoms with Crippen molar-refractivity contribution in [1.29, 1.82) is 5.26 Å². The molecule has 0 N–H and O–H groups in total. The van der Waals surface area contributed by atoms with Gasteiger partial charge in [0.2, 0.25) is 15.7 Å². The third-order valence-electron chi connectivity index (χ3n) is 2.91. The zero-order chi connectivity index (χ0) is 13.9. The first-order chi connectivity index (χ1) is 9.06. The molecule has 19 heavy (non-hydrogen) atoms. The highest BCUT2D eigenvalue weighted by Gasteiger charge is 2.32. The van der Waals surface area contributed by atoms with E-state index in [2.05, 4.69) is 9.97 Å². The molecule has 2 heterocycles. The van der Waals surface area contributed by atoms with Gasteiger partial charge in [0.15, 0.2) is 0 Å². The summed E-state index contributed by atoms with van der Waals surface area (Å²) >= 11 is 0. The Bertz CT molecular complexity index is 596. The SMILES string of the molecule is CCS(=O)(=O)N1CC[C@@H](Oc2nccnc2C#N)C1. The van der Waals surface area contributed by atoms with Crippen LogP contribution in [-0.2, 0) is 10.0 Å². The van der Waals surface area contributed by atoms with E-state index in [1.807, 2.05) is 6.07 Å². The molecule has 102 valence electrons. The largest absolute Gasteiger partial charge is 0.471 e. The smallest absolute Gasteiger partial charge is 0.251 e. The summed E-state index contributed by atoms with van der Waals surface area (Å²) in [6, 6.07) is 1.89. The lowest BCUT2D eigenvalue weighted by atomic mass is 10.3. The van der Waals surface area contributed by atoms with Crippen molar-refractivity contribution in [3.05, 3.63) is 18.1 Å². The van der Waals surface area contributed by atoms with E-state index in [-0.39, 0.29) is 30.0 Å². The molecule has 7 nitrogen and oxygen atoms in total. The number of nitriles is 1. The molecule has 1 aromatic heterocycles. The van der Waals surface area contributed by atoms with Crippen LogP contribution in [0, 0.1) is 11.3 Å². The van der Waals surface area contributed by atoms with Crippen LogP contribution in [0.4, 0.5) is 0 Å². The Balaban J connectivity index is 2.05. The minimum Gasteiger partial charge on any atom is -0.471 e. The summed E-state index contributed by atoms with van der Waals surface area (Å²) in [7, 11) is -3.19. The third kappa shape index (κ3) is 3.00. The lowest BCUT2D eigenvalue weighted by Crippen LogP contribution is -2.32. The van der Waals surface area contributed by atoms with Gasteiger partial charge in [0.25, 0.3) is 5.88 Å². The van der Waals surface area contributed by atoms with Gasteiger partial charge in [-0.15, -0.1) is 0 Å². The van der Waals surface area contributed by atoms with E-state index >= 15 is 0 Å². The minimum absolute atomic E-state index is 0.0777. The predicted octanol–water partition coefficient (Wildman–Crippen LogP) is 0.151. The summed E-state index contributed by atoms with van der Waals surface area (Å²) in [6.45, 7) is 2.33. The van der Waals surface area contributed by atoms with Crippen LogP contribution in [-0.4, -0.2) is 47.6 Å². The van der Waals surface area contributed by atoms with Gasteiger partial charge in [0.05, 0.1) is 12.3 Å². The van der Waals surface area contributed by atoms with E-state index in [4.69, 9.17) is 10.00 Å². The quantitative estimate of drug-likeness (QED) is 0.780. The van der Waals surface area contributed by atoms with Crippen LogP contribution in [0.2, 0.25) is 0 Å². The molecule has 1 aliphatic heterocycles. The Labute approximate surface area is 111 Å².